The van der Waals surface area contributed by atoms with E-state index >= 15 is 0 Å². The van der Waals surface area contributed by atoms with E-state index in [1.165, 1.54) is 0 Å². The van der Waals surface area contributed by atoms with Crippen molar-refractivity contribution in [2.24, 2.45) is 5.92 Å². The molecule has 1 atom stereocenters. The highest BCUT2D eigenvalue weighted by atomic mass is 35.5. The summed E-state index contributed by atoms with van der Waals surface area (Å²) in [4.78, 5) is 23.2. The summed E-state index contributed by atoms with van der Waals surface area (Å²) < 4.78 is 46.3. The summed E-state index contributed by atoms with van der Waals surface area (Å²) in [6, 6.07) is 1.71. The van der Waals surface area contributed by atoms with Crippen LogP contribution in [0.15, 0.2) is 12.1 Å². The first-order chi connectivity index (χ1) is 12.8. The molecule has 1 saturated carbocycles. The van der Waals surface area contributed by atoms with Gasteiger partial charge in [-0.3, -0.25) is 10.1 Å². The number of carbonyl (C=O) groups excluding carboxylic acids is 2. The van der Waals surface area contributed by atoms with E-state index < -0.39 is 34.7 Å². The van der Waals surface area contributed by atoms with Crippen LogP contribution in [0.3, 0.4) is 0 Å². The van der Waals surface area contributed by atoms with Gasteiger partial charge in [-0.05, 0) is 45.7 Å². The van der Waals surface area contributed by atoms with E-state index in [2.05, 4.69) is 11.2 Å². The van der Waals surface area contributed by atoms with E-state index in [9.17, 15) is 27.9 Å². The fourth-order valence-electron chi connectivity index (χ4n) is 2.22. The van der Waals surface area contributed by atoms with Gasteiger partial charge in [0.15, 0.2) is 6.29 Å². The molecule has 2 rings (SSSR count). The van der Waals surface area contributed by atoms with Gasteiger partial charge in [-0.1, -0.05) is 23.4 Å². The lowest BCUT2D eigenvalue weighted by molar-refractivity contribution is -0.240. The van der Waals surface area contributed by atoms with Crippen LogP contribution in [0, 0.1) is 17.8 Å². The van der Waals surface area contributed by atoms with Crippen LogP contribution >= 0.6 is 11.6 Å². The van der Waals surface area contributed by atoms with E-state index in [1.54, 1.807) is 20.8 Å². The molecule has 2 N–H and O–H groups in total. The Morgan fingerprint density at radius 1 is 1.32 bits per heavy atom. The molecular weight excluding hydrogens is 399 g/mol. The monoisotopic (exact) mass is 417 g/mol. The van der Waals surface area contributed by atoms with Crippen LogP contribution in [0.1, 0.15) is 49.5 Å². The second kappa shape index (κ2) is 7.64. The van der Waals surface area contributed by atoms with Gasteiger partial charge in [-0.25, -0.2) is 4.79 Å². The molecule has 28 heavy (non-hydrogen) atoms. The topological polar surface area (TPSA) is 75.6 Å². The number of hydrogen-bond acceptors (Lipinski definition) is 4. The predicted molar refractivity (Wildman–Crippen MR) is 97.1 cm³/mol. The summed E-state index contributed by atoms with van der Waals surface area (Å²) in [7, 11) is 0. The molecule has 0 heterocycles. The number of anilines is 1. The van der Waals surface area contributed by atoms with E-state index in [-0.39, 0.29) is 16.5 Å². The van der Waals surface area contributed by atoms with E-state index in [4.69, 9.17) is 16.3 Å². The van der Waals surface area contributed by atoms with E-state index in [0.29, 0.717) is 19.1 Å². The zero-order valence-electron chi connectivity index (χ0n) is 15.4. The fraction of sp³-hybridized carbons (Fsp3) is 0.474. The third-order valence-electron chi connectivity index (χ3n) is 3.73. The fourth-order valence-corrected chi connectivity index (χ4v) is 2.43. The minimum absolute atomic E-state index is 0.170. The summed E-state index contributed by atoms with van der Waals surface area (Å²) in [5, 5.41) is 12.3. The number of ether oxygens (including phenoxy) is 1. The Bertz CT molecular complexity index is 848. The van der Waals surface area contributed by atoms with Crippen LogP contribution in [0.25, 0.3) is 0 Å². The van der Waals surface area contributed by atoms with Crippen LogP contribution < -0.4 is 5.32 Å². The zero-order chi connectivity index (χ0) is 21.3. The van der Waals surface area contributed by atoms with Crippen molar-refractivity contribution in [1.82, 2.24) is 0 Å². The van der Waals surface area contributed by atoms with Crippen molar-refractivity contribution in [3.05, 3.63) is 28.3 Å². The van der Waals surface area contributed by atoms with Gasteiger partial charge in [-0.2, -0.15) is 13.2 Å². The molecular formula is C19H19ClF3NO4. The number of carbonyl (C=O) groups is 2. The number of aliphatic hydroxyl groups is 1. The Morgan fingerprint density at radius 2 is 1.93 bits per heavy atom. The quantitative estimate of drug-likeness (QED) is 0.554. The predicted octanol–water partition coefficient (Wildman–Crippen LogP) is 4.66. The molecule has 1 fully saturated rings. The number of alkyl halides is 3. The van der Waals surface area contributed by atoms with E-state index in [0.717, 1.165) is 12.1 Å². The van der Waals surface area contributed by atoms with Gasteiger partial charge in [-0.15, -0.1) is 0 Å². The van der Waals surface area contributed by atoms with Gasteiger partial charge >= 0.3 is 12.3 Å². The molecule has 0 aliphatic heterocycles. The Labute approximate surface area is 165 Å². The van der Waals surface area contributed by atoms with Crippen molar-refractivity contribution >= 4 is 29.7 Å². The summed E-state index contributed by atoms with van der Waals surface area (Å²) in [5.74, 6) is 4.05. The first kappa shape index (κ1) is 22.1. The average Bonchev–Trinajstić information content (AvgIpc) is 3.35. The second-order valence-corrected chi connectivity index (χ2v) is 7.82. The third kappa shape index (κ3) is 5.18. The number of amides is 1. The number of benzene rings is 1. The van der Waals surface area contributed by atoms with E-state index in [1.807, 2.05) is 5.92 Å². The van der Waals surface area contributed by atoms with Gasteiger partial charge in [0.25, 0.3) is 0 Å². The van der Waals surface area contributed by atoms with Crippen molar-refractivity contribution in [3.8, 4) is 11.8 Å². The van der Waals surface area contributed by atoms with Crippen LogP contribution in [0.4, 0.5) is 23.7 Å². The maximum Gasteiger partial charge on any atom is 0.433 e. The summed E-state index contributed by atoms with van der Waals surface area (Å²) >= 11 is 5.87. The van der Waals surface area contributed by atoms with Crippen LogP contribution in [-0.4, -0.2) is 29.3 Å². The van der Waals surface area contributed by atoms with Crippen molar-refractivity contribution in [3.63, 3.8) is 0 Å². The minimum Gasteiger partial charge on any atom is -0.444 e. The summed E-state index contributed by atoms with van der Waals surface area (Å²) in [6.45, 7) is 4.71. The standard InChI is InChI=1S/C19H19ClF3NO4/c1-17(2,3)28-16(26)24-15-8-12(10-25)14(20)9-13(15)18(27,19(21,22)23)7-6-11-4-5-11/h8-11,27H,4-5H2,1-3H3,(H,24,26). The first-order valence-corrected chi connectivity index (χ1v) is 8.75. The molecule has 1 amide bonds. The first-order valence-electron chi connectivity index (χ1n) is 8.38. The lowest BCUT2D eigenvalue weighted by Crippen LogP contribution is -2.42. The molecule has 1 unspecified atom stereocenters. The molecule has 0 aromatic heterocycles. The molecule has 0 radical (unpaired) electrons. The van der Waals surface area contributed by atoms with Crippen LogP contribution in [0.2, 0.25) is 5.02 Å². The molecule has 1 aliphatic rings. The average molecular weight is 418 g/mol. The Kier molecular flexibility index (Phi) is 6.02. The number of halogens is 4. The molecule has 1 aromatic carbocycles. The third-order valence-corrected chi connectivity index (χ3v) is 4.06. The normalized spacial score (nSPS) is 16.4. The molecule has 1 aliphatic carbocycles. The highest BCUT2D eigenvalue weighted by molar-refractivity contribution is 6.33. The molecule has 0 bridgehead atoms. The van der Waals surface area contributed by atoms with Crippen molar-refractivity contribution < 1.29 is 32.6 Å². The molecule has 0 saturated heterocycles. The Hall–Kier alpha value is -2.24. The zero-order valence-corrected chi connectivity index (χ0v) is 16.2. The second-order valence-electron chi connectivity index (χ2n) is 7.42. The number of aldehydes is 1. The summed E-state index contributed by atoms with van der Waals surface area (Å²) in [6.07, 6.45) is -4.64. The van der Waals surface area contributed by atoms with Crippen molar-refractivity contribution in [1.29, 1.82) is 0 Å². The van der Waals surface area contributed by atoms with Crippen LogP contribution in [0.5, 0.6) is 0 Å². The van der Waals surface area contributed by atoms with Crippen molar-refractivity contribution in [2.45, 2.75) is 51.0 Å². The molecule has 0 spiro atoms. The lowest BCUT2D eigenvalue weighted by Gasteiger charge is -2.29. The highest BCUT2D eigenvalue weighted by Crippen LogP contribution is 2.44. The lowest BCUT2D eigenvalue weighted by atomic mass is 9.90. The summed E-state index contributed by atoms with van der Waals surface area (Å²) in [5.41, 5.74) is -5.96. The molecule has 5 nitrogen and oxygen atoms in total. The largest absolute Gasteiger partial charge is 0.444 e. The minimum atomic E-state index is -5.19. The smallest absolute Gasteiger partial charge is 0.433 e. The number of rotatable bonds is 3. The molecule has 152 valence electrons. The highest BCUT2D eigenvalue weighted by Gasteiger charge is 2.56. The van der Waals surface area contributed by atoms with Crippen LogP contribution in [-0.2, 0) is 10.3 Å². The Balaban J connectivity index is 2.59. The van der Waals surface area contributed by atoms with Crippen molar-refractivity contribution in [2.75, 3.05) is 5.32 Å². The van der Waals surface area contributed by atoms with Gasteiger partial charge in [0.05, 0.1) is 10.7 Å². The van der Waals surface area contributed by atoms with Gasteiger partial charge in [0.2, 0.25) is 5.60 Å². The maximum atomic E-state index is 13.8. The SMILES string of the molecule is CC(C)(C)OC(=O)Nc1cc(C=O)c(Cl)cc1C(O)(C#CC1CC1)C(F)(F)F. The van der Waals surface area contributed by atoms with Gasteiger partial charge in [0, 0.05) is 17.0 Å². The van der Waals surface area contributed by atoms with Gasteiger partial charge in [0.1, 0.15) is 5.60 Å². The molecule has 1 aromatic rings. The maximum absolute atomic E-state index is 13.8. The van der Waals surface area contributed by atoms with Gasteiger partial charge < -0.3 is 9.84 Å². The molecule has 9 heteroatoms. The number of nitrogens with one attached hydrogen (secondary N) is 1. The number of hydrogen-bond donors (Lipinski definition) is 2. The Morgan fingerprint density at radius 3 is 2.39 bits per heavy atom.